The van der Waals surface area contributed by atoms with Crippen molar-refractivity contribution in [1.29, 1.82) is 0 Å². The van der Waals surface area contributed by atoms with Gasteiger partial charge >= 0.3 is 0 Å². The van der Waals surface area contributed by atoms with Crippen LogP contribution < -0.4 is 10.6 Å². The quantitative estimate of drug-likeness (QED) is 0.316. The lowest BCUT2D eigenvalue weighted by Gasteiger charge is -2.12. The standard InChI is InChI=1S/C25H31N5O3S/c1-5-33-13-7-12-26-24(32)20-8-6-9-21(15-20)27-23(31)16-34-25-29-28-19(4)30(25)22-14-17(2)10-11-18(22)3/h6,8-11,14-15H,5,7,12-13,16H2,1-4H3,(H,26,32)(H,27,31). The Morgan fingerprint density at radius 1 is 1.09 bits per heavy atom. The molecule has 9 heteroatoms. The van der Waals surface area contributed by atoms with Gasteiger partial charge < -0.3 is 15.4 Å². The number of nitrogens with one attached hydrogen (secondary N) is 2. The zero-order valence-corrected chi connectivity index (χ0v) is 20.9. The molecule has 0 radical (unpaired) electrons. The molecule has 0 unspecified atom stereocenters. The fourth-order valence-corrected chi connectivity index (χ4v) is 4.15. The van der Waals surface area contributed by atoms with Crippen molar-refractivity contribution < 1.29 is 14.3 Å². The number of hydrogen-bond acceptors (Lipinski definition) is 6. The molecular formula is C25H31N5O3S. The molecule has 1 aromatic heterocycles. The summed E-state index contributed by atoms with van der Waals surface area (Å²) in [5, 5.41) is 14.8. The lowest BCUT2D eigenvalue weighted by Crippen LogP contribution is -2.25. The van der Waals surface area contributed by atoms with E-state index in [-0.39, 0.29) is 17.6 Å². The van der Waals surface area contributed by atoms with Crippen molar-refractivity contribution in [2.75, 3.05) is 30.8 Å². The summed E-state index contributed by atoms with van der Waals surface area (Å²) in [6.07, 6.45) is 0.749. The Labute approximate surface area is 204 Å². The first kappa shape index (κ1) is 25.5. The van der Waals surface area contributed by atoms with Crippen LogP contribution in [0.4, 0.5) is 5.69 Å². The lowest BCUT2D eigenvalue weighted by atomic mass is 10.1. The lowest BCUT2D eigenvalue weighted by molar-refractivity contribution is -0.113. The highest BCUT2D eigenvalue weighted by Crippen LogP contribution is 2.25. The van der Waals surface area contributed by atoms with E-state index in [1.807, 2.05) is 32.3 Å². The zero-order chi connectivity index (χ0) is 24.5. The smallest absolute Gasteiger partial charge is 0.251 e. The summed E-state index contributed by atoms with van der Waals surface area (Å²) in [7, 11) is 0. The fourth-order valence-electron chi connectivity index (χ4n) is 3.36. The van der Waals surface area contributed by atoms with Crippen LogP contribution in [0.15, 0.2) is 47.6 Å². The van der Waals surface area contributed by atoms with Gasteiger partial charge in [-0.25, -0.2) is 0 Å². The SMILES string of the molecule is CCOCCCNC(=O)c1cccc(NC(=O)CSc2nnc(C)n2-c2cc(C)ccc2C)c1. The van der Waals surface area contributed by atoms with Crippen LogP contribution in [0, 0.1) is 20.8 Å². The van der Waals surface area contributed by atoms with Crippen LogP contribution in [-0.4, -0.2) is 52.1 Å². The molecule has 0 fully saturated rings. The normalized spacial score (nSPS) is 10.8. The van der Waals surface area contributed by atoms with Gasteiger partial charge in [-0.05, 0) is 69.5 Å². The number of aromatic nitrogens is 3. The molecule has 34 heavy (non-hydrogen) atoms. The molecule has 0 aliphatic rings. The van der Waals surface area contributed by atoms with Gasteiger partial charge in [0.15, 0.2) is 5.16 Å². The summed E-state index contributed by atoms with van der Waals surface area (Å²) < 4.78 is 7.24. The molecule has 0 spiro atoms. The Morgan fingerprint density at radius 3 is 2.71 bits per heavy atom. The molecule has 8 nitrogen and oxygen atoms in total. The highest BCUT2D eigenvalue weighted by atomic mass is 32.2. The Morgan fingerprint density at radius 2 is 1.91 bits per heavy atom. The second kappa shape index (κ2) is 12.3. The second-order valence-corrected chi connectivity index (χ2v) is 8.82. The molecule has 180 valence electrons. The molecule has 0 saturated heterocycles. The van der Waals surface area contributed by atoms with E-state index >= 15 is 0 Å². The molecule has 3 aromatic rings. The molecule has 0 atom stereocenters. The number of amides is 2. The minimum Gasteiger partial charge on any atom is -0.382 e. The highest BCUT2D eigenvalue weighted by molar-refractivity contribution is 7.99. The Balaban J connectivity index is 1.59. The molecule has 0 saturated carbocycles. The third kappa shape index (κ3) is 6.91. The number of ether oxygens (including phenoxy) is 1. The Hall–Kier alpha value is -3.17. The summed E-state index contributed by atoms with van der Waals surface area (Å²) in [6.45, 7) is 9.72. The number of thioether (sulfide) groups is 1. The minimum atomic E-state index is -0.188. The van der Waals surface area contributed by atoms with Gasteiger partial charge in [-0.1, -0.05) is 30.0 Å². The van der Waals surface area contributed by atoms with Gasteiger partial charge in [-0.3, -0.25) is 14.2 Å². The first-order valence-corrected chi connectivity index (χ1v) is 12.3. The number of nitrogens with zero attached hydrogens (tertiary/aromatic N) is 3. The van der Waals surface area contributed by atoms with E-state index in [1.54, 1.807) is 24.3 Å². The maximum atomic E-state index is 12.6. The van der Waals surface area contributed by atoms with Crippen LogP contribution in [0.1, 0.15) is 40.7 Å². The van der Waals surface area contributed by atoms with Crippen molar-refractivity contribution in [1.82, 2.24) is 20.1 Å². The summed E-state index contributed by atoms with van der Waals surface area (Å²) in [6, 6.07) is 13.1. The van der Waals surface area contributed by atoms with Crippen LogP contribution in [0.2, 0.25) is 0 Å². The van der Waals surface area contributed by atoms with E-state index in [9.17, 15) is 9.59 Å². The van der Waals surface area contributed by atoms with Gasteiger partial charge in [0.2, 0.25) is 5.91 Å². The average molecular weight is 482 g/mol. The Bertz CT molecular complexity index is 1150. The number of rotatable bonds is 11. The van der Waals surface area contributed by atoms with E-state index in [0.717, 1.165) is 29.1 Å². The van der Waals surface area contributed by atoms with E-state index in [0.29, 0.717) is 36.2 Å². The second-order valence-electron chi connectivity index (χ2n) is 7.88. The maximum absolute atomic E-state index is 12.6. The number of anilines is 1. The van der Waals surface area contributed by atoms with E-state index < -0.39 is 0 Å². The van der Waals surface area contributed by atoms with Crippen LogP contribution >= 0.6 is 11.8 Å². The van der Waals surface area contributed by atoms with Crippen molar-refractivity contribution in [2.24, 2.45) is 0 Å². The molecule has 2 N–H and O–H groups in total. The third-order valence-corrected chi connectivity index (χ3v) is 6.03. The number of carbonyl (C=O) groups excluding carboxylic acids is 2. The largest absolute Gasteiger partial charge is 0.382 e. The minimum absolute atomic E-state index is 0.164. The number of aryl methyl sites for hydroxylation is 3. The van der Waals surface area contributed by atoms with E-state index in [4.69, 9.17) is 4.74 Å². The third-order valence-electron chi connectivity index (χ3n) is 5.10. The van der Waals surface area contributed by atoms with Gasteiger partial charge in [0.05, 0.1) is 11.4 Å². The van der Waals surface area contributed by atoms with Gasteiger partial charge in [-0.2, -0.15) is 0 Å². The van der Waals surface area contributed by atoms with Crippen molar-refractivity contribution in [3.05, 3.63) is 65.0 Å². The van der Waals surface area contributed by atoms with Crippen LogP contribution in [0.3, 0.4) is 0 Å². The predicted octanol–water partition coefficient (Wildman–Crippen LogP) is 4.08. The van der Waals surface area contributed by atoms with Crippen LogP contribution in [0.5, 0.6) is 0 Å². The van der Waals surface area contributed by atoms with E-state index in [1.165, 1.54) is 11.8 Å². The molecule has 0 aliphatic carbocycles. The van der Waals surface area contributed by atoms with Gasteiger partial charge in [0.1, 0.15) is 5.82 Å². The highest BCUT2D eigenvalue weighted by Gasteiger charge is 2.15. The summed E-state index contributed by atoms with van der Waals surface area (Å²) >= 11 is 1.32. The fraction of sp³-hybridized carbons (Fsp3) is 0.360. The predicted molar refractivity (Wildman–Crippen MR) is 135 cm³/mol. The van der Waals surface area contributed by atoms with Crippen molar-refractivity contribution in [2.45, 2.75) is 39.3 Å². The van der Waals surface area contributed by atoms with Gasteiger partial charge in [0, 0.05) is 31.0 Å². The monoisotopic (exact) mass is 481 g/mol. The maximum Gasteiger partial charge on any atom is 0.251 e. The van der Waals surface area contributed by atoms with Crippen LogP contribution in [0.25, 0.3) is 5.69 Å². The van der Waals surface area contributed by atoms with Crippen molar-refractivity contribution in [3.8, 4) is 5.69 Å². The topological polar surface area (TPSA) is 98.1 Å². The van der Waals surface area contributed by atoms with Gasteiger partial charge in [-0.15, -0.1) is 10.2 Å². The molecule has 0 bridgehead atoms. The summed E-state index contributed by atoms with van der Waals surface area (Å²) in [5.74, 6) is 0.555. The molecule has 0 aliphatic heterocycles. The zero-order valence-electron chi connectivity index (χ0n) is 20.1. The number of hydrogen-bond donors (Lipinski definition) is 2. The van der Waals surface area contributed by atoms with E-state index in [2.05, 4.69) is 39.0 Å². The molecule has 1 heterocycles. The average Bonchev–Trinajstić information content (AvgIpc) is 3.19. The number of carbonyl (C=O) groups is 2. The molecular weight excluding hydrogens is 450 g/mol. The molecule has 2 amide bonds. The summed E-state index contributed by atoms with van der Waals surface area (Å²) in [4.78, 5) is 25.0. The van der Waals surface area contributed by atoms with Gasteiger partial charge in [0.25, 0.3) is 5.91 Å². The van der Waals surface area contributed by atoms with Crippen LogP contribution in [-0.2, 0) is 9.53 Å². The molecule has 3 rings (SSSR count). The van der Waals surface area contributed by atoms with Crippen molar-refractivity contribution in [3.63, 3.8) is 0 Å². The molecule has 2 aromatic carbocycles. The number of benzene rings is 2. The first-order chi connectivity index (χ1) is 16.4. The van der Waals surface area contributed by atoms with Crippen molar-refractivity contribution >= 4 is 29.3 Å². The first-order valence-electron chi connectivity index (χ1n) is 11.3. The Kier molecular flexibility index (Phi) is 9.24. The summed E-state index contributed by atoms with van der Waals surface area (Å²) in [5.41, 5.74) is 4.31.